The zero-order valence-electron chi connectivity index (χ0n) is 13.5. The van der Waals surface area contributed by atoms with Crippen LogP contribution in [0.5, 0.6) is 11.5 Å². The van der Waals surface area contributed by atoms with Crippen LogP contribution in [0.2, 0.25) is 0 Å². The molecule has 0 amide bonds. The summed E-state index contributed by atoms with van der Waals surface area (Å²) in [6.45, 7) is 12.6. The van der Waals surface area contributed by atoms with E-state index in [1.807, 2.05) is 12.1 Å². The fraction of sp³-hybridized carbons (Fsp3) is 0.556. The molecule has 0 aromatic heterocycles. The van der Waals surface area contributed by atoms with Crippen molar-refractivity contribution in [2.45, 2.75) is 47.0 Å². The summed E-state index contributed by atoms with van der Waals surface area (Å²) in [7, 11) is 1.61. The monoisotopic (exact) mass is 276 g/mol. The molecule has 0 aliphatic carbocycles. The van der Waals surface area contributed by atoms with Crippen LogP contribution >= 0.6 is 0 Å². The van der Waals surface area contributed by atoms with Gasteiger partial charge in [-0.1, -0.05) is 33.8 Å². The molecular formula is C18H28O2. The van der Waals surface area contributed by atoms with Crippen LogP contribution in [-0.4, -0.2) is 12.2 Å². The number of rotatable bonds is 7. The Labute approximate surface area is 123 Å². The van der Waals surface area contributed by atoms with Crippen molar-refractivity contribution in [2.24, 2.45) is 11.8 Å². The van der Waals surface area contributed by atoms with Gasteiger partial charge >= 0.3 is 0 Å². The summed E-state index contributed by atoms with van der Waals surface area (Å²) in [6, 6.07) is 1.96. The largest absolute Gasteiger partial charge is 0.504 e. The van der Waals surface area contributed by atoms with E-state index in [-0.39, 0.29) is 0 Å². The van der Waals surface area contributed by atoms with Gasteiger partial charge < -0.3 is 9.84 Å². The molecule has 0 spiro atoms. The minimum Gasteiger partial charge on any atom is -0.504 e. The smallest absolute Gasteiger partial charge is 0.161 e. The van der Waals surface area contributed by atoms with Gasteiger partial charge in [0.25, 0.3) is 0 Å². The van der Waals surface area contributed by atoms with Crippen LogP contribution in [0.15, 0.2) is 18.7 Å². The number of aromatic hydroxyl groups is 1. The van der Waals surface area contributed by atoms with Crippen molar-refractivity contribution in [3.8, 4) is 11.5 Å². The first-order valence-corrected chi connectivity index (χ1v) is 7.42. The van der Waals surface area contributed by atoms with E-state index in [4.69, 9.17) is 4.74 Å². The van der Waals surface area contributed by atoms with Crippen LogP contribution in [0.3, 0.4) is 0 Å². The molecule has 0 fully saturated rings. The normalized spacial score (nSPS) is 11.2. The molecule has 0 saturated heterocycles. The average Bonchev–Trinajstić information content (AvgIpc) is 2.36. The van der Waals surface area contributed by atoms with Crippen molar-refractivity contribution in [2.75, 3.05) is 7.11 Å². The first-order chi connectivity index (χ1) is 9.40. The fourth-order valence-electron chi connectivity index (χ4n) is 2.58. The maximum absolute atomic E-state index is 10.5. The highest BCUT2D eigenvalue weighted by Crippen LogP contribution is 2.37. The molecule has 112 valence electrons. The maximum atomic E-state index is 10.5. The number of phenols is 1. The van der Waals surface area contributed by atoms with Crippen molar-refractivity contribution in [1.82, 2.24) is 0 Å². The number of ether oxygens (including phenoxy) is 1. The van der Waals surface area contributed by atoms with Gasteiger partial charge in [-0.05, 0) is 48.3 Å². The summed E-state index contributed by atoms with van der Waals surface area (Å²) in [4.78, 5) is 0. The molecule has 0 bridgehead atoms. The van der Waals surface area contributed by atoms with Crippen LogP contribution in [0.25, 0.3) is 0 Å². The molecule has 0 aliphatic heterocycles. The molecule has 2 nitrogen and oxygen atoms in total. The predicted octanol–water partition coefficient (Wildman–Crippen LogP) is 4.53. The Bertz CT molecular complexity index is 459. The first-order valence-electron chi connectivity index (χ1n) is 7.42. The topological polar surface area (TPSA) is 29.5 Å². The van der Waals surface area contributed by atoms with E-state index in [0.717, 1.165) is 24.8 Å². The second-order valence-corrected chi connectivity index (χ2v) is 6.23. The number of methoxy groups -OCH3 is 1. The van der Waals surface area contributed by atoms with Crippen molar-refractivity contribution in [1.29, 1.82) is 0 Å². The Morgan fingerprint density at radius 2 is 1.70 bits per heavy atom. The number of hydrogen-bond acceptors (Lipinski definition) is 2. The van der Waals surface area contributed by atoms with E-state index < -0.39 is 0 Å². The molecule has 0 aliphatic rings. The van der Waals surface area contributed by atoms with Gasteiger partial charge in [0.15, 0.2) is 11.5 Å². The van der Waals surface area contributed by atoms with Gasteiger partial charge in [0.1, 0.15) is 0 Å². The highest BCUT2D eigenvalue weighted by Gasteiger charge is 2.19. The molecule has 0 radical (unpaired) electrons. The molecule has 1 aromatic rings. The van der Waals surface area contributed by atoms with E-state index in [1.54, 1.807) is 7.11 Å². The zero-order valence-corrected chi connectivity index (χ0v) is 13.5. The molecule has 1 rings (SSSR count). The van der Waals surface area contributed by atoms with Crippen LogP contribution in [0, 0.1) is 11.8 Å². The Kier molecular flexibility index (Phi) is 6.12. The van der Waals surface area contributed by atoms with E-state index in [1.165, 1.54) is 11.1 Å². The molecule has 0 saturated carbocycles. The van der Waals surface area contributed by atoms with Crippen molar-refractivity contribution < 1.29 is 9.84 Å². The van der Waals surface area contributed by atoms with E-state index in [9.17, 15) is 5.11 Å². The summed E-state index contributed by atoms with van der Waals surface area (Å²) in [5, 5.41) is 10.5. The van der Waals surface area contributed by atoms with Gasteiger partial charge in [-0.25, -0.2) is 0 Å². The maximum Gasteiger partial charge on any atom is 0.161 e. The standard InChI is InChI=1S/C18H28O2/c1-7-8-14-11-17(20-6)18(19)16(10-13(4)5)15(14)9-12(2)3/h7,11-13,19H,1,8-10H2,2-6H3. The molecule has 1 aromatic carbocycles. The third-order valence-electron chi connectivity index (χ3n) is 3.39. The first kappa shape index (κ1) is 16.6. The lowest BCUT2D eigenvalue weighted by atomic mass is 9.87. The van der Waals surface area contributed by atoms with Crippen LogP contribution in [-0.2, 0) is 19.3 Å². The van der Waals surface area contributed by atoms with E-state index in [0.29, 0.717) is 23.3 Å². The minimum atomic E-state index is 0.310. The van der Waals surface area contributed by atoms with E-state index >= 15 is 0 Å². The molecule has 0 atom stereocenters. The second-order valence-electron chi connectivity index (χ2n) is 6.23. The Hall–Kier alpha value is -1.44. The van der Waals surface area contributed by atoms with Gasteiger partial charge in [-0.3, -0.25) is 0 Å². The molecule has 1 N–H and O–H groups in total. The molecule has 2 heteroatoms. The highest BCUT2D eigenvalue weighted by molar-refractivity contribution is 5.54. The number of benzene rings is 1. The number of phenolic OH excluding ortho intramolecular Hbond substituents is 1. The Balaban J connectivity index is 3.45. The van der Waals surface area contributed by atoms with Crippen LogP contribution < -0.4 is 4.74 Å². The number of hydrogen-bond donors (Lipinski definition) is 1. The molecule has 0 heterocycles. The van der Waals surface area contributed by atoms with Crippen LogP contribution in [0.4, 0.5) is 0 Å². The molecular weight excluding hydrogens is 248 g/mol. The third kappa shape index (κ3) is 4.03. The second kappa shape index (κ2) is 7.37. The van der Waals surface area contributed by atoms with Gasteiger partial charge in [0.05, 0.1) is 7.11 Å². The van der Waals surface area contributed by atoms with Gasteiger partial charge in [-0.2, -0.15) is 0 Å². The quantitative estimate of drug-likeness (QED) is 0.742. The van der Waals surface area contributed by atoms with E-state index in [2.05, 4.69) is 34.3 Å². The van der Waals surface area contributed by atoms with Crippen LogP contribution in [0.1, 0.15) is 44.4 Å². The fourth-order valence-corrected chi connectivity index (χ4v) is 2.58. The van der Waals surface area contributed by atoms with Gasteiger partial charge in [-0.15, -0.1) is 6.58 Å². The predicted molar refractivity (Wildman–Crippen MR) is 85.6 cm³/mol. The highest BCUT2D eigenvalue weighted by atomic mass is 16.5. The number of allylic oxidation sites excluding steroid dienone is 1. The Morgan fingerprint density at radius 3 is 2.15 bits per heavy atom. The van der Waals surface area contributed by atoms with Crippen molar-refractivity contribution in [3.05, 3.63) is 35.4 Å². The zero-order chi connectivity index (χ0) is 15.3. The average molecular weight is 276 g/mol. The summed E-state index contributed by atoms with van der Waals surface area (Å²) >= 11 is 0. The summed E-state index contributed by atoms with van der Waals surface area (Å²) < 4.78 is 5.33. The summed E-state index contributed by atoms with van der Waals surface area (Å²) in [5.41, 5.74) is 3.54. The van der Waals surface area contributed by atoms with Gasteiger partial charge in [0.2, 0.25) is 0 Å². The summed E-state index contributed by atoms with van der Waals surface area (Å²) in [5.74, 6) is 1.93. The lowest BCUT2D eigenvalue weighted by Crippen LogP contribution is -2.08. The molecule has 0 unspecified atom stereocenters. The van der Waals surface area contributed by atoms with Gasteiger partial charge in [0, 0.05) is 5.56 Å². The Morgan fingerprint density at radius 1 is 1.15 bits per heavy atom. The molecule has 20 heavy (non-hydrogen) atoms. The lowest BCUT2D eigenvalue weighted by Gasteiger charge is -2.21. The summed E-state index contributed by atoms with van der Waals surface area (Å²) in [6.07, 6.45) is 4.57. The minimum absolute atomic E-state index is 0.310. The third-order valence-corrected chi connectivity index (χ3v) is 3.39. The lowest BCUT2D eigenvalue weighted by molar-refractivity contribution is 0.367. The van der Waals surface area contributed by atoms with Crippen molar-refractivity contribution in [3.63, 3.8) is 0 Å². The SMILES string of the molecule is C=CCc1cc(OC)c(O)c(CC(C)C)c1CC(C)C. The van der Waals surface area contributed by atoms with Crippen molar-refractivity contribution >= 4 is 0 Å².